The molecule has 0 aromatic heterocycles. The molecule has 2 aromatic rings. The summed E-state index contributed by atoms with van der Waals surface area (Å²) >= 11 is 0. The van der Waals surface area contributed by atoms with Crippen molar-refractivity contribution in [3.63, 3.8) is 0 Å². The summed E-state index contributed by atoms with van der Waals surface area (Å²) in [6, 6.07) is 12.6. The quantitative estimate of drug-likeness (QED) is 0.796. The zero-order chi connectivity index (χ0) is 16.9. The maximum Gasteiger partial charge on any atom is 0.296 e. The normalized spacial score (nSPS) is 13.3. The number of benzene rings is 2. The van der Waals surface area contributed by atoms with Gasteiger partial charge >= 0.3 is 0 Å². The minimum atomic E-state index is -3.52. The van der Waals surface area contributed by atoms with Crippen molar-refractivity contribution in [2.75, 3.05) is 13.7 Å². The van der Waals surface area contributed by atoms with Gasteiger partial charge in [0.15, 0.2) is 0 Å². The van der Waals surface area contributed by atoms with Crippen LogP contribution < -0.4 is 4.74 Å². The molecule has 5 heteroatoms. The predicted molar refractivity (Wildman–Crippen MR) is 86.3 cm³/mol. The van der Waals surface area contributed by atoms with Crippen LogP contribution in [0, 0.1) is 6.92 Å². The van der Waals surface area contributed by atoms with E-state index in [0.717, 1.165) is 24.0 Å². The Balaban J connectivity index is 0.000000167. The molecule has 0 saturated heterocycles. The van der Waals surface area contributed by atoms with Gasteiger partial charge in [-0.1, -0.05) is 36.4 Å². The average molecular weight is 319 g/mol. The van der Waals surface area contributed by atoms with Crippen LogP contribution in [0.25, 0.3) is 6.08 Å². The number of rotatable bonds is 2. The van der Waals surface area contributed by atoms with Crippen LogP contribution in [0.2, 0.25) is 0 Å². The Labute approximate surface area is 132 Å². The van der Waals surface area contributed by atoms with E-state index in [-0.39, 0.29) is 4.90 Å². The van der Waals surface area contributed by atoms with E-state index in [9.17, 15) is 8.42 Å². The minimum absolute atomic E-state index is 0.199. The van der Waals surface area contributed by atoms with Gasteiger partial charge in [0.1, 0.15) is 12.4 Å². The fraction of sp³-hybridized carbons (Fsp3) is 0.176. The Hall–Kier alpha value is -2.11. The first-order valence-electron chi connectivity index (χ1n) is 7.20. The molecule has 3 rings (SSSR count). The maximum absolute atomic E-state index is 11.1. The van der Waals surface area contributed by atoms with Crippen LogP contribution in [0.1, 0.15) is 12.5 Å². The van der Waals surface area contributed by atoms with Crippen molar-refractivity contribution in [2.45, 2.75) is 11.8 Å². The molecule has 0 spiro atoms. The summed E-state index contributed by atoms with van der Waals surface area (Å²) in [6.07, 6.45) is 3.85. The fourth-order valence-corrected chi connectivity index (χ4v) is 2.63. The molecule has 1 heterocycles. The molecule has 116 valence electrons. The molecule has 0 saturated carbocycles. The van der Waals surface area contributed by atoms with Crippen molar-refractivity contribution in [2.24, 2.45) is 0 Å². The minimum Gasteiger partial charge on any atom is -0.489 e. The highest BCUT2D eigenvalue weighted by atomic mass is 32.2. The molecule has 4 nitrogen and oxygen atoms in total. The average Bonchev–Trinajstić information content (AvgIpc) is 2.56. The molecule has 0 N–H and O–H groups in total. The first kappa shape index (κ1) is 14.8. The molecule has 0 atom stereocenters. The molecular formula is C17H18O4S. The third-order valence-corrected chi connectivity index (χ3v) is 4.24. The molecule has 22 heavy (non-hydrogen) atoms. The van der Waals surface area contributed by atoms with Gasteiger partial charge in [0, 0.05) is 5.56 Å². The summed E-state index contributed by atoms with van der Waals surface area (Å²) in [6.45, 7) is 2.45. The SMILES string of the molecule is COS(=O)(=O)c1cccc(C)c1.[2H]c1cccc2c1C=CCO2. The number of hydrogen-bond acceptors (Lipinski definition) is 4. The van der Waals surface area contributed by atoms with Gasteiger partial charge in [0.05, 0.1) is 13.4 Å². The van der Waals surface area contributed by atoms with E-state index >= 15 is 0 Å². The largest absolute Gasteiger partial charge is 0.489 e. The Morgan fingerprint density at radius 2 is 2.05 bits per heavy atom. The predicted octanol–water partition coefficient (Wildman–Crippen LogP) is 3.42. The number of para-hydroxylation sites is 1. The van der Waals surface area contributed by atoms with Crippen molar-refractivity contribution in [3.8, 4) is 5.75 Å². The van der Waals surface area contributed by atoms with Crippen LogP contribution in [0.4, 0.5) is 0 Å². The molecule has 0 radical (unpaired) electrons. The highest BCUT2D eigenvalue weighted by Crippen LogP contribution is 2.21. The van der Waals surface area contributed by atoms with Gasteiger partial charge < -0.3 is 4.74 Å². The number of ether oxygens (including phenoxy) is 1. The Kier molecular flexibility index (Phi) is 4.88. The zero-order valence-electron chi connectivity index (χ0n) is 13.4. The van der Waals surface area contributed by atoms with Crippen molar-refractivity contribution in [3.05, 3.63) is 65.7 Å². The van der Waals surface area contributed by atoms with E-state index in [1.165, 1.54) is 6.07 Å². The molecule has 0 fully saturated rings. The second-order valence-corrected chi connectivity index (χ2v) is 6.31. The van der Waals surface area contributed by atoms with Gasteiger partial charge in [-0.3, -0.25) is 4.18 Å². The van der Waals surface area contributed by atoms with E-state index in [1.54, 1.807) is 18.2 Å². The van der Waals surface area contributed by atoms with Crippen LogP contribution in [0.3, 0.4) is 0 Å². The lowest BCUT2D eigenvalue weighted by molar-refractivity contribution is 0.358. The third kappa shape index (κ3) is 4.19. The van der Waals surface area contributed by atoms with Gasteiger partial charge in [0.25, 0.3) is 10.1 Å². The number of aryl methyl sites for hydroxylation is 1. The molecule has 2 aromatic carbocycles. The molecule has 0 unspecified atom stereocenters. The van der Waals surface area contributed by atoms with Crippen molar-refractivity contribution < 1.29 is 18.7 Å². The van der Waals surface area contributed by atoms with Gasteiger partial charge in [-0.05, 0) is 36.8 Å². The van der Waals surface area contributed by atoms with Crippen LogP contribution >= 0.6 is 0 Å². The highest BCUT2D eigenvalue weighted by Gasteiger charge is 2.11. The van der Waals surface area contributed by atoms with Gasteiger partial charge in [0.2, 0.25) is 0 Å². The topological polar surface area (TPSA) is 52.6 Å². The summed E-state index contributed by atoms with van der Waals surface area (Å²) in [4.78, 5) is 0.199. The van der Waals surface area contributed by atoms with E-state index in [4.69, 9.17) is 6.11 Å². The first-order valence-corrected chi connectivity index (χ1v) is 8.11. The van der Waals surface area contributed by atoms with E-state index in [1.807, 2.05) is 37.3 Å². The summed E-state index contributed by atoms with van der Waals surface area (Å²) in [7, 11) is -2.37. The number of fused-ring (bicyclic) bond motifs is 1. The van der Waals surface area contributed by atoms with Crippen LogP contribution in [0.5, 0.6) is 5.75 Å². The van der Waals surface area contributed by atoms with Crippen molar-refractivity contribution in [1.29, 1.82) is 0 Å². The Morgan fingerprint density at radius 1 is 1.23 bits per heavy atom. The first-order chi connectivity index (χ1) is 10.9. The standard InChI is InChI=1S/C9H8O.C8H10O3S/c1-2-6-9-8(4-1)5-3-7-10-9;1-7-4-3-5-8(6-7)12(9,10)11-2/h1-6H,7H2;3-6H,1-2H3/i4D;. The van der Waals surface area contributed by atoms with E-state index < -0.39 is 10.1 Å². The van der Waals surface area contributed by atoms with E-state index in [2.05, 4.69) is 4.18 Å². The third-order valence-electron chi connectivity index (χ3n) is 2.97. The van der Waals surface area contributed by atoms with Gasteiger partial charge in [-0.2, -0.15) is 8.42 Å². The van der Waals surface area contributed by atoms with Gasteiger partial charge in [-0.25, -0.2) is 0 Å². The molecular weight excluding hydrogens is 300 g/mol. The second kappa shape index (κ2) is 7.24. The molecule has 0 bridgehead atoms. The lowest BCUT2D eigenvalue weighted by Gasteiger charge is -2.10. The van der Waals surface area contributed by atoms with Gasteiger partial charge in [-0.15, -0.1) is 0 Å². The summed E-state index contributed by atoms with van der Waals surface area (Å²) in [5.74, 6) is 0.819. The fourth-order valence-electron chi connectivity index (χ4n) is 1.86. The van der Waals surface area contributed by atoms with Crippen LogP contribution in [0.15, 0.2) is 59.5 Å². The second-order valence-electron chi connectivity index (χ2n) is 4.60. The zero-order valence-corrected chi connectivity index (χ0v) is 13.3. The number of hydrogen-bond donors (Lipinski definition) is 0. The molecule has 0 amide bonds. The van der Waals surface area contributed by atoms with E-state index in [0.29, 0.717) is 12.6 Å². The monoisotopic (exact) mass is 319 g/mol. The Morgan fingerprint density at radius 3 is 2.73 bits per heavy atom. The molecule has 1 aliphatic rings. The van der Waals surface area contributed by atoms with Crippen molar-refractivity contribution >= 4 is 16.2 Å². The summed E-state index contributed by atoms with van der Waals surface area (Å²) in [5.41, 5.74) is 1.78. The Bertz CT molecular complexity index is 813. The maximum atomic E-state index is 11.1. The molecule has 0 aliphatic carbocycles. The van der Waals surface area contributed by atoms with Crippen LogP contribution in [-0.4, -0.2) is 22.1 Å². The van der Waals surface area contributed by atoms with Crippen LogP contribution in [-0.2, 0) is 14.3 Å². The molecule has 1 aliphatic heterocycles. The lowest BCUT2D eigenvalue weighted by atomic mass is 10.1. The lowest BCUT2D eigenvalue weighted by Crippen LogP contribution is -2.02. The summed E-state index contributed by atoms with van der Waals surface area (Å²) in [5, 5.41) is 0. The highest BCUT2D eigenvalue weighted by molar-refractivity contribution is 7.86. The van der Waals surface area contributed by atoms with Crippen molar-refractivity contribution in [1.82, 2.24) is 0 Å². The smallest absolute Gasteiger partial charge is 0.296 e. The summed E-state index contributed by atoms with van der Waals surface area (Å²) < 4.78 is 39.4.